The third-order valence-electron chi connectivity index (χ3n) is 5.66. The minimum absolute atomic E-state index is 0. The molecule has 0 aromatic carbocycles. The van der Waals surface area contributed by atoms with Crippen LogP contribution >= 0.6 is 12.4 Å². The summed E-state index contributed by atoms with van der Waals surface area (Å²) in [7, 11) is 0. The van der Waals surface area contributed by atoms with Crippen LogP contribution in [0.1, 0.15) is 64.7 Å². The highest BCUT2D eigenvalue weighted by atomic mass is 35.5. The average molecular weight is 301 g/mol. The molecule has 2 N–H and O–H groups in total. The number of nitrogens with one attached hydrogen (secondary N) is 2. The van der Waals surface area contributed by atoms with E-state index in [0.29, 0.717) is 18.0 Å². The quantitative estimate of drug-likeness (QED) is 0.841. The molecule has 0 spiro atoms. The molecule has 0 aromatic heterocycles. The van der Waals surface area contributed by atoms with Gasteiger partial charge in [0.1, 0.15) is 0 Å². The summed E-state index contributed by atoms with van der Waals surface area (Å²) < 4.78 is 0. The molecule has 3 aliphatic rings. The zero-order chi connectivity index (χ0) is 13.2. The van der Waals surface area contributed by atoms with Gasteiger partial charge in [-0.05, 0) is 50.9 Å². The van der Waals surface area contributed by atoms with Crippen molar-refractivity contribution in [1.82, 2.24) is 10.6 Å². The maximum absolute atomic E-state index is 12.4. The Morgan fingerprint density at radius 2 is 1.75 bits per heavy atom. The molecule has 2 aliphatic carbocycles. The van der Waals surface area contributed by atoms with Gasteiger partial charge in [-0.15, -0.1) is 12.4 Å². The van der Waals surface area contributed by atoms with Crippen LogP contribution in [0.15, 0.2) is 0 Å². The van der Waals surface area contributed by atoms with E-state index in [1.165, 1.54) is 51.4 Å². The second-order valence-corrected chi connectivity index (χ2v) is 6.95. The van der Waals surface area contributed by atoms with Crippen LogP contribution in [-0.2, 0) is 4.79 Å². The molecular weight excluding hydrogens is 272 g/mol. The number of hydrogen-bond acceptors (Lipinski definition) is 2. The molecule has 4 unspecified atom stereocenters. The van der Waals surface area contributed by atoms with Crippen molar-refractivity contribution < 1.29 is 4.79 Å². The zero-order valence-corrected chi connectivity index (χ0v) is 13.4. The minimum Gasteiger partial charge on any atom is -0.352 e. The molecule has 1 amide bonds. The summed E-state index contributed by atoms with van der Waals surface area (Å²) in [6.45, 7) is 2.19. The molecule has 2 saturated carbocycles. The van der Waals surface area contributed by atoms with E-state index < -0.39 is 0 Å². The van der Waals surface area contributed by atoms with Gasteiger partial charge < -0.3 is 10.6 Å². The van der Waals surface area contributed by atoms with Crippen LogP contribution in [0.25, 0.3) is 0 Å². The molecule has 3 rings (SSSR count). The maximum Gasteiger partial charge on any atom is 0.237 e. The molecule has 0 radical (unpaired) electrons. The van der Waals surface area contributed by atoms with E-state index in [1.807, 2.05) is 0 Å². The van der Waals surface area contributed by atoms with Gasteiger partial charge in [-0.1, -0.05) is 25.7 Å². The summed E-state index contributed by atoms with van der Waals surface area (Å²) in [5.41, 5.74) is 0. The number of halogens is 1. The molecule has 4 atom stereocenters. The molecule has 1 heterocycles. The van der Waals surface area contributed by atoms with E-state index in [1.54, 1.807) is 0 Å². The number of carbonyl (C=O) groups is 1. The second kappa shape index (κ2) is 7.13. The van der Waals surface area contributed by atoms with Crippen molar-refractivity contribution >= 4 is 18.3 Å². The lowest BCUT2D eigenvalue weighted by molar-refractivity contribution is -0.123. The van der Waals surface area contributed by atoms with Crippen molar-refractivity contribution in [1.29, 1.82) is 0 Å². The van der Waals surface area contributed by atoms with Gasteiger partial charge in [0.25, 0.3) is 0 Å². The number of amides is 1. The Hall–Kier alpha value is -0.280. The van der Waals surface area contributed by atoms with Gasteiger partial charge in [0, 0.05) is 12.1 Å². The highest BCUT2D eigenvalue weighted by molar-refractivity contribution is 5.85. The third-order valence-corrected chi connectivity index (χ3v) is 5.66. The Kier molecular flexibility index (Phi) is 5.74. The Morgan fingerprint density at radius 1 is 1.10 bits per heavy atom. The van der Waals surface area contributed by atoms with Gasteiger partial charge in [-0.3, -0.25) is 4.79 Å². The SMILES string of the molecule is CC(NC(=O)C1CC2CCCCC2N1)C1CCCC1.Cl. The summed E-state index contributed by atoms with van der Waals surface area (Å²) >= 11 is 0. The second-order valence-electron chi connectivity index (χ2n) is 6.95. The van der Waals surface area contributed by atoms with E-state index in [-0.39, 0.29) is 24.4 Å². The summed E-state index contributed by atoms with van der Waals surface area (Å²) in [5.74, 6) is 1.73. The molecule has 116 valence electrons. The first kappa shape index (κ1) is 16.1. The normalized spacial score (nSPS) is 35.1. The minimum atomic E-state index is 0. The van der Waals surface area contributed by atoms with E-state index in [0.717, 1.165) is 12.3 Å². The van der Waals surface area contributed by atoms with Gasteiger partial charge in [-0.25, -0.2) is 0 Å². The monoisotopic (exact) mass is 300 g/mol. The fourth-order valence-corrected chi connectivity index (χ4v) is 4.42. The average Bonchev–Trinajstić information content (AvgIpc) is 3.07. The fourth-order valence-electron chi connectivity index (χ4n) is 4.42. The predicted octanol–water partition coefficient (Wildman–Crippen LogP) is 3.02. The Labute approximate surface area is 129 Å². The molecule has 0 aromatic rings. The van der Waals surface area contributed by atoms with Crippen molar-refractivity contribution in [3.63, 3.8) is 0 Å². The van der Waals surface area contributed by atoms with E-state index in [2.05, 4.69) is 17.6 Å². The summed E-state index contributed by atoms with van der Waals surface area (Å²) in [4.78, 5) is 12.4. The van der Waals surface area contributed by atoms with Crippen LogP contribution in [0, 0.1) is 11.8 Å². The Bertz CT molecular complexity index is 316. The summed E-state index contributed by atoms with van der Waals surface area (Å²) in [5, 5.41) is 6.85. The van der Waals surface area contributed by atoms with Crippen molar-refractivity contribution in [3.8, 4) is 0 Å². The molecule has 4 heteroatoms. The smallest absolute Gasteiger partial charge is 0.237 e. The van der Waals surface area contributed by atoms with Crippen LogP contribution in [0.2, 0.25) is 0 Å². The number of rotatable bonds is 3. The molecular formula is C16H29ClN2O. The number of fused-ring (bicyclic) bond motifs is 1. The lowest BCUT2D eigenvalue weighted by atomic mass is 9.85. The van der Waals surface area contributed by atoms with Gasteiger partial charge >= 0.3 is 0 Å². The van der Waals surface area contributed by atoms with Gasteiger partial charge in [0.15, 0.2) is 0 Å². The first-order valence-electron chi connectivity index (χ1n) is 8.30. The van der Waals surface area contributed by atoms with Crippen LogP contribution in [-0.4, -0.2) is 24.0 Å². The van der Waals surface area contributed by atoms with Gasteiger partial charge in [-0.2, -0.15) is 0 Å². The maximum atomic E-state index is 12.4. The Balaban J connectivity index is 0.00000147. The number of hydrogen-bond donors (Lipinski definition) is 2. The van der Waals surface area contributed by atoms with Crippen molar-refractivity contribution in [2.45, 2.75) is 82.8 Å². The van der Waals surface area contributed by atoms with Gasteiger partial charge in [0.2, 0.25) is 5.91 Å². The standard InChI is InChI=1S/C16H28N2O.ClH/c1-11(12-6-2-3-7-12)17-16(19)15-10-13-8-4-5-9-14(13)18-15;/h11-15,18H,2-10H2,1H3,(H,17,19);1H. The first-order chi connectivity index (χ1) is 9.24. The first-order valence-corrected chi connectivity index (χ1v) is 8.30. The van der Waals surface area contributed by atoms with Crippen LogP contribution in [0.3, 0.4) is 0 Å². The largest absolute Gasteiger partial charge is 0.352 e. The molecule has 3 fully saturated rings. The molecule has 0 bridgehead atoms. The molecule has 1 saturated heterocycles. The third kappa shape index (κ3) is 3.48. The summed E-state index contributed by atoms with van der Waals surface area (Å²) in [6.07, 6.45) is 11.6. The fraction of sp³-hybridized carbons (Fsp3) is 0.938. The van der Waals surface area contributed by atoms with Gasteiger partial charge in [0.05, 0.1) is 6.04 Å². The van der Waals surface area contributed by atoms with Crippen LogP contribution in [0.5, 0.6) is 0 Å². The molecule has 3 nitrogen and oxygen atoms in total. The van der Waals surface area contributed by atoms with E-state index >= 15 is 0 Å². The summed E-state index contributed by atoms with van der Waals surface area (Å²) in [6, 6.07) is 1.06. The highest BCUT2D eigenvalue weighted by Gasteiger charge is 2.38. The van der Waals surface area contributed by atoms with Crippen LogP contribution in [0.4, 0.5) is 0 Å². The topological polar surface area (TPSA) is 41.1 Å². The van der Waals surface area contributed by atoms with E-state index in [9.17, 15) is 4.79 Å². The lowest BCUT2D eigenvalue weighted by Crippen LogP contribution is -2.47. The molecule has 1 aliphatic heterocycles. The lowest BCUT2D eigenvalue weighted by Gasteiger charge is -2.24. The Morgan fingerprint density at radius 3 is 2.45 bits per heavy atom. The molecule has 20 heavy (non-hydrogen) atoms. The highest BCUT2D eigenvalue weighted by Crippen LogP contribution is 2.33. The van der Waals surface area contributed by atoms with E-state index in [4.69, 9.17) is 0 Å². The predicted molar refractivity (Wildman–Crippen MR) is 84.1 cm³/mol. The van der Waals surface area contributed by atoms with Crippen molar-refractivity contribution in [2.24, 2.45) is 11.8 Å². The van der Waals surface area contributed by atoms with Crippen molar-refractivity contribution in [3.05, 3.63) is 0 Å². The van der Waals surface area contributed by atoms with Crippen molar-refractivity contribution in [2.75, 3.05) is 0 Å². The number of carbonyl (C=O) groups excluding carboxylic acids is 1. The van der Waals surface area contributed by atoms with Crippen LogP contribution < -0.4 is 10.6 Å². The zero-order valence-electron chi connectivity index (χ0n) is 12.6.